The van der Waals surface area contributed by atoms with Gasteiger partial charge in [0.25, 0.3) is 5.91 Å². The van der Waals surface area contributed by atoms with E-state index in [2.05, 4.69) is 5.32 Å². The van der Waals surface area contributed by atoms with Gasteiger partial charge in [0.15, 0.2) is 0 Å². The van der Waals surface area contributed by atoms with Gasteiger partial charge in [0.2, 0.25) is 0 Å². The van der Waals surface area contributed by atoms with Crippen molar-refractivity contribution in [3.05, 3.63) is 64.5 Å². The van der Waals surface area contributed by atoms with Gasteiger partial charge in [0.05, 0.1) is 11.3 Å². The minimum absolute atomic E-state index is 0.0600. The van der Waals surface area contributed by atoms with Crippen molar-refractivity contribution in [1.29, 1.82) is 0 Å². The van der Waals surface area contributed by atoms with Gasteiger partial charge in [0.1, 0.15) is 5.82 Å². The largest absolute Gasteiger partial charge is 0.478 e. The maximum atomic E-state index is 13.3. The Morgan fingerprint density at radius 1 is 1.10 bits per heavy atom. The molecule has 0 radical (unpaired) electrons. The number of anilines is 1. The smallest absolute Gasteiger partial charge is 0.337 e. The molecule has 21 heavy (non-hydrogen) atoms. The van der Waals surface area contributed by atoms with Crippen molar-refractivity contribution < 1.29 is 19.1 Å². The van der Waals surface area contributed by atoms with E-state index in [1.807, 2.05) is 6.07 Å². The molecular weight excluding hydrogens is 273 g/mol. The van der Waals surface area contributed by atoms with Gasteiger partial charge in [-0.3, -0.25) is 4.79 Å². The van der Waals surface area contributed by atoms with Gasteiger partial charge in [-0.1, -0.05) is 18.2 Å². The molecule has 2 rings (SSSR count). The Morgan fingerprint density at radius 2 is 1.71 bits per heavy atom. The van der Waals surface area contributed by atoms with Crippen LogP contribution >= 0.6 is 0 Å². The first-order valence-corrected chi connectivity index (χ1v) is 6.30. The number of aromatic carboxylic acids is 1. The lowest BCUT2D eigenvalue weighted by Gasteiger charge is -2.12. The molecule has 2 aromatic carbocycles. The van der Waals surface area contributed by atoms with Crippen LogP contribution in [-0.4, -0.2) is 17.0 Å². The fraction of sp³-hybridized carbons (Fsp3) is 0.125. The van der Waals surface area contributed by atoms with Crippen LogP contribution < -0.4 is 5.32 Å². The van der Waals surface area contributed by atoms with E-state index < -0.39 is 17.7 Å². The molecule has 0 heterocycles. The summed E-state index contributed by atoms with van der Waals surface area (Å²) in [6.45, 7) is 3.57. The van der Waals surface area contributed by atoms with E-state index in [0.717, 1.165) is 29.3 Å². The molecule has 0 aromatic heterocycles. The number of benzene rings is 2. The molecule has 2 aromatic rings. The number of carbonyl (C=O) groups is 2. The molecule has 2 N–H and O–H groups in total. The zero-order valence-electron chi connectivity index (χ0n) is 11.6. The number of hydrogen-bond donors (Lipinski definition) is 2. The third-order valence-electron chi connectivity index (χ3n) is 3.17. The molecule has 0 aliphatic heterocycles. The predicted molar refractivity (Wildman–Crippen MR) is 77.2 cm³/mol. The highest BCUT2D eigenvalue weighted by Crippen LogP contribution is 2.20. The molecule has 5 heteroatoms. The van der Waals surface area contributed by atoms with Crippen LogP contribution in [0.5, 0.6) is 0 Å². The molecule has 0 spiro atoms. The first-order valence-electron chi connectivity index (χ1n) is 6.30. The van der Waals surface area contributed by atoms with Crippen molar-refractivity contribution >= 4 is 17.6 Å². The van der Waals surface area contributed by atoms with Gasteiger partial charge >= 0.3 is 5.97 Å². The highest BCUT2D eigenvalue weighted by atomic mass is 19.1. The lowest BCUT2D eigenvalue weighted by atomic mass is 10.0. The average molecular weight is 287 g/mol. The van der Waals surface area contributed by atoms with Crippen LogP contribution in [0.1, 0.15) is 31.8 Å². The fourth-order valence-electron chi connectivity index (χ4n) is 2.16. The second-order valence-corrected chi connectivity index (χ2v) is 4.72. The lowest BCUT2D eigenvalue weighted by Crippen LogP contribution is -2.17. The highest BCUT2D eigenvalue weighted by Gasteiger charge is 2.17. The van der Waals surface area contributed by atoms with E-state index >= 15 is 0 Å². The third kappa shape index (κ3) is 3.08. The van der Waals surface area contributed by atoms with Gasteiger partial charge in [0, 0.05) is 5.56 Å². The Bertz CT molecular complexity index is 705. The summed E-state index contributed by atoms with van der Waals surface area (Å²) in [6.07, 6.45) is 0. The minimum atomic E-state index is -1.23. The van der Waals surface area contributed by atoms with Crippen molar-refractivity contribution in [2.45, 2.75) is 13.8 Å². The second kappa shape index (κ2) is 5.75. The normalized spacial score (nSPS) is 10.2. The number of amides is 1. The Kier molecular flexibility index (Phi) is 4.03. The highest BCUT2D eigenvalue weighted by molar-refractivity contribution is 6.09. The predicted octanol–water partition coefficient (Wildman–Crippen LogP) is 3.39. The number of aryl methyl sites for hydroxylation is 2. The van der Waals surface area contributed by atoms with E-state index in [1.54, 1.807) is 26.0 Å². The molecule has 0 bridgehead atoms. The summed E-state index contributed by atoms with van der Waals surface area (Å²) in [6, 6.07) is 8.55. The third-order valence-corrected chi connectivity index (χ3v) is 3.17. The summed E-state index contributed by atoms with van der Waals surface area (Å²) in [5.41, 5.74) is 1.77. The van der Waals surface area contributed by atoms with Crippen LogP contribution in [0.4, 0.5) is 10.1 Å². The number of nitrogens with one attached hydrogen (secondary N) is 1. The summed E-state index contributed by atoms with van der Waals surface area (Å²) in [5, 5.41) is 11.5. The SMILES string of the molecule is Cc1cccc(C)c1C(=O)Nc1cc(F)ccc1C(=O)O. The molecule has 0 fully saturated rings. The van der Waals surface area contributed by atoms with E-state index in [4.69, 9.17) is 5.11 Å². The topological polar surface area (TPSA) is 66.4 Å². The molecule has 4 nitrogen and oxygen atoms in total. The van der Waals surface area contributed by atoms with Crippen LogP contribution in [0.25, 0.3) is 0 Å². The standard InChI is InChI=1S/C16H14FNO3/c1-9-4-3-5-10(2)14(9)15(19)18-13-8-11(17)6-7-12(13)16(20)21/h3-8H,1-2H3,(H,18,19)(H,20,21). The summed E-state index contributed by atoms with van der Waals surface area (Å²) < 4.78 is 13.3. The van der Waals surface area contributed by atoms with Gasteiger partial charge in [-0.2, -0.15) is 0 Å². The van der Waals surface area contributed by atoms with E-state index in [1.165, 1.54) is 0 Å². The van der Waals surface area contributed by atoms with Crippen molar-refractivity contribution in [3.63, 3.8) is 0 Å². The molecule has 0 aliphatic carbocycles. The summed E-state index contributed by atoms with van der Waals surface area (Å²) in [5.74, 6) is -2.30. The molecular formula is C16H14FNO3. The minimum Gasteiger partial charge on any atom is -0.478 e. The van der Waals surface area contributed by atoms with Crippen molar-refractivity contribution in [2.75, 3.05) is 5.32 Å². The molecule has 0 atom stereocenters. The number of carboxylic acid groups (broad SMARTS) is 1. The Hall–Kier alpha value is -2.69. The quantitative estimate of drug-likeness (QED) is 0.909. The van der Waals surface area contributed by atoms with Gasteiger partial charge in [-0.15, -0.1) is 0 Å². The van der Waals surface area contributed by atoms with Crippen LogP contribution in [-0.2, 0) is 0 Å². The van der Waals surface area contributed by atoms with E-state index in [0.29, 0.717) is 5.56 Å². The van der Waals surface area contributed by atoms with Crippen molar-refractivity contribution in [2.24, 2.45) is 0 Å². The number of halogens is 1. The van der Waals surface area contributed by atoms with E-state index in [-0.39, 0.29) is 11.3 Å². The molecule has 0 saturated carbocycles. The number of carboxylic acids is 1. The molecule has 108 valence electrons. The molecule has 1 amide bonds. The monoisotopic (exact) mass is 287 g/mol. The summed E-state index contributed by atoms with van der Waals surface area (Å²) in [4.78, 5) is 23.4. The van der Waals surface area contributed by atoms with Crippen LogP contribution in [0.3, 0.4) is 0 Å². The van der Waals surface area contributed by atoms with Gasteiger partial charge in [-0.05, 0) is 43.2 Å². The zero-order chi connectivity index (χ0) is 15.6. The van der Waals surface area contributed by atoms with Gasteiger partial charge in [-0.25, -0.2) is 9.18 Å². The Labute approximate surface area is 121 Å². The van der Waals surface area contributed by atoms with Crippen molar-refractivity contribution in [3.8, 4) is 0 Å². The molecule has 0 aliphatic rings. The summed E-state index contributed by atoms with van der Waals surface area (Å²) in [7, 11) is 0. The maximum absolute atomic E-state index is 13.3. The van der Waals surface area contributed by atoms with Crippen molar-refractivity contribution in [1.82, 2.24) is 0 Å². The first kappa shape index (κ1) is 14.7. The van der Waals surface area contributed by atoms with Crippen LogP contribution in [0.2, 0.25) is 0 Å². The zero-order valence-corrected chi connectivity index (χ0v) is 11.6. The first-order chi connectivity index (χ1) is 9.90. The van der Waals surface area contributed by atoms with Crippen LogP contribution in [0, 0.1) is 19.7 Å². The maximum Gasteiger partial charge on any atom is 0.337 e. The number of hydrogen-bond acceptors (Lipinski definition) is 2. The average Bonchev–Trinajstić information content (AvgIpc) is 2.38. The van der Waals surface area contributed by atoms with Crippen LogP contribution in [0.15, 0.2) is 36.4 Å². The molecule has 0 unspecified atom stereocenters. The Balaban J connectivity index is 2.40. The second-order valence-electron chi connectivity index (χ2n) is 4.72. The van der Waals surface area contributed by atoms with Gasteiger partial charge < -0.3 is 10.4 Å². The summed E-state index contributed by atoms with van der Waals surface area (Å²) >= 11 is 0. The molecule has 0 saturated heterocycles. The number of carbonyl (C=O) groups excluding carboxylic acids is 1. The fourth-order valence-corrected chi connectivity index (χ4v) is 2.16. The lowest BCUT2D eigenvalue weighted by molar-refractivity contribution is 0.0698. The Morgan fingerprint density at radius 3 is 2.29 bits per heavy atom. The van der Waals surface area contributed by atoms with E-state index in [9.17, 15) is 14.0 Å². The number of rotatable bonds is 3.